The minimum atomic E-state index is -0.806. The van der Waals surface area contributed by atoms with Crippen molar-refractivity contribution in [2.24, 2.45) is 0 Å². The van der Waals surface area contributed by atoms with Crippen LogP contribution in [0, 0.1) is 10.7 Å². The van der Waals surface area contributed by atoms with E-state index in [2.05, 4.69) is 10.6 Å². The summed E-state index contributed by atoms with van der Waals surface area (Å²) in [5.41, 5.74) is 0.460. The molecule has 0 aliphatic rings. The number of carbonyl (C=O) groups excluding carboxylic acids is 2. The zero-order valence-electron chi connectivity index (χ0n) is 9.34. The van der Waals surface area contributed by atoms with Crippen LogP contribution in [0.25, 0.3) is 0 Å². The Morgan fingerprint density at radius 3 is 2.50 bits per heavy atom. The van der Waals surface area contributed by atoms with Crippen LogP contribution in [-0.4, -0.2) is 30.1 Å². The number of aliphatic hydroxyl groups excluding tert-OH is 1. The first-order valence-corrected chi connectivity index (χ1v) is 5.85. The van der Waals surface area contributed by atoms with Crippen molar-refractivity contribution in [2.75, 3.05) is 18.5 Å². The van der Waals surface area contributed by atoms with Gasteiger partial charge in [0.2, 0.25) is 0 Å². The number of hydrogen-bond acceptors (Lipinski definition) is 5. The number of rotatable bonds is 4. The lowest BCUT2D eigenvalue weighted by molar-refractivity contribution is -0.136. The average molecular weight is 265 g/mol. The molecule has 0 fully saturated rings. The van der Waals surface area contributed by atoms with Crippen molar-refractivity contribution in [2.45, 2.75) is 4.90 Å². The first-order chi connectivity index (χ1) is 8.67. The minimum Gasteiger partial charge on any atom is -0.395 e. The number of nitrogens with one attached hydrogen (secondary N) is 2. The lowest BCUT2D eigenvalue weighted by atomic mass is 10.3. The molecule has 1 rings (SSSR count). The number of benzene rings is 1. The normalized spacial score (nSPS) is 9.33. The molecule has 0 aromatic heterocycles. The molecule has 0 spiro atoms. The monoisotopic (exact) mass is 265 g/mol. The first kappa shape index (κ1) is 14.0. The molecule has 0 unspecified atom stereocenters. The summed E-state index contributed by atoms with van der Waals surface area (Å²) in [6.45, 7) is -0.191. The van der Waals surface area contributed by atoms with Gasteiger partial charge >= 0.3 is 11.8 Å². The van der Waals surface area contributed by atoms with Gasteiger partial charge in [0, 0.05) is 17.1 Å². The quantitative estimate of drug-likeness (QED) is 0.413. The van der Waals surface area contributed by atoms with Crippen molar-refractivity contribution < 1.29 is 14.7 Å². The third-order valence-electron chi connectivity index (χ3n) is 1.88. The van der Waals surface area contributed by atoms with Crippen molar-refractivity contribution in [3.8, 4) is 5.40 Å². The molecule has 0 saturated heterocycles. The van der Waals surface area contributed by atoms with E-state index >= 15 is 0 Å². The fourth-order valence-corrected chi connectivity index (χ4v) is 1.47. The molecule has 0 heterocycles. The summed E-state index contributed by atoms with van der Waals surface area (Å²) < 4.78 is 0. The summed E-state index contributed by atoms with van der Waals surface area (Å²) in [5.74, 6) is -1.61. The van der Waals surface area contributed by atoms with Crippen molar-refractivity contribution in [3.63, 3.8) is 0 Å². The SMILES string of the molecule is N#CSc1ccc(NC(=O)C(=O)NCCO)cc1. The largest absolute Gasteiger partial charge is 0.395 e. The van der Waals surface area contributed by atoms with E-state index in [0.717, 1.165) is 16.7 Å². The molecule has 18 heavy (non-hydrogen) atoms. The molecule has 7 heteroatoms. The molecule has 0 atom stereocenters. The molecule has 1 aromatic rings. The van der Waals surface area contributed by atoms with Crippen LogP contribution in [0.15, 0.2) is 29.2 Å². The lowest BCUT2D eigenvalue weighted by Crippen LogP contribution is -2.36. The predicted octanol–water partition coefficient (Wildman–Crippen LogP) is 0.307. The van der Waals surface area contributed by atoms with E-state index in [1.807, 2.05) is 5.40 Å². The maximum absolute atomic E-state index is 11.4. The summed E-state index contributed by atoms with van der Waals surface area (Å²) >= 11 is 1.01. The predicted molar refractivity (Wildman–Crippen MR) is 66.6 cm³/mol. The van der Waals surface area contributed by atoms with Gasteiger partial charge in [0.1, 0.15) is 5.40 Å². The maximum atomic E-state index is 11.4. The van der Waals surface area contributed by atoms with Crippen LogP contribution in [0.1, 0.15) is 0 Å². The van der Waals surface area contributed by atoms with Crippen LogP contribution in [0.4, 0.5) is 5.69 Å². The second-order valence-corrected chi connectivity index (χ2v) is 4.01. The van der Waals surface area contributed by atoms with E-state index in [-0.39, 0.29) is 13.2 Å². The molecule has 2 amide bonds. The zero-order chi connectivity index (χ0) is 13.4. The molecule has 0 radical (unpaired) electrons. The second kappa shape index (κ2) is 7.32. The molecule has 3 N–H and O–H groups in total. The van der Waals surface area contributed by atoms with Gasteiger partial charge in [0.15, 0.2) is 0 Å². The van der Waals surface area contributed by atoms with Crippen molar-refractivity contribution in [1.29, 1.82) is 5.26 Å². The number of nitriles is 1. The van der Waals surface area contributed by atoms with Crippen LogP contribution < -0.4 is 10.6 Å². The van der Waals surface area contributed by atoms with Crippen LogP contribution >= 0.6 is 11.8 Å². The van der Waals surface area contributed by atoms with E-state index in [9.17, 15) is 9.59 Å². The Morgan fingerprint density at radius 2 is 1.94 bits per heavy atom. The molecular formula is C11H11N3O3S. The first-order valence-electron chi connectivity index (χ1n) is 5.03. The van der Waals surface area contributed by atoms with Gasteiger partial charge in [-0.1, -0.05) is 0 Å². The van der Waals surface area contributed by atoms with Crippen molar-refractivity contribution >= 4 is 29.3 Å². The minimum absolute atomic E-state index is 0.0317. The van der Waals surface area contributed by atoms with E-state index in [4.69, 9.17) is 10.4 Å². The van der Waals surface area contributed by atoms with Gasteiger partial charge in [0.05, 0.1) is 6.61 Å². The molecule has 0 aliphatic carbocycles. The lowest BCUT2D eigenvalue weighted by Gasteiger charge is -2.05. The summed E-state index contributed by atoms with van der Waals surface area (Å²) in [6, 6.07) is 6.51. The number of amides is 2. The number of thiocyanates is 1. The highest BCUT2D eigenvalue weighted by atomic mass is 32.2. The van der Waals surface area contributed by atoms with E-state index in [0.29, 0.717) is 5.69 Å². The third kappa shape index (κ3) is 4.45. The van der Waals surface area contributed by atoms with Gasteiger partial charge in [0.25, 0.3) is 0 Å². The fraction of sp³-hybridized carbons (Fsp3) is 0.182. The van der Waals surface area contributed by atoms with Crippen LogP contribution in [0.5, 0.6) is 0 Å². The highest BCUT2D eigenvalue weighted by molar-refractivity contribution is 8.03. The molecule has 0 saturated carbocycles. The average Bonchev–Trinajstić information content (AvgIpc) is 2.38. The second-order valence-electron chi connectivity index (χ2n) is 3.15. The highest BCUT2D eigenvalue weighted by Gasteiger charge is 2.12. The summed E-state index contributed by atoms with van der Waals surface area (Å²) in [7, 11) is 0. The standard InChI is InChI=1S/C11H11N3O3S/c12-7-18-9-3-1-8(2-4-9)14-11(17)10(16)13-5-6-15/h1-4,15H,5-6H2,(H,13,16)(H,14,17). The van der Waals surface area contributed by atoms with Gasteiger partial charge in [-0.25, -0.2) is 0 Å². The molecule has 1 aromatic carbocycles. The summed E-state index contributed by atoms with van der Waals surface area (Å²) in [5, 5.41) is 23.5. The number of thioether (sulfide) groups is 1. The van der Waals surface area contributed by atoms with Crippen LogP contribution in [0.3, 0.4) is 0 Å². The molecule has 0 aliphatic heterocycles. The van der Waals surface area contributed by atoms with Gasteiger partial charge in [-0.3, -0.25) is 9.59 Å². The molecular weight excluding hydrogens is 254 g/mol. The number of hydrogen-bond donors (Lipinski definition) is 3. The Morgan fingerprint density at radius 1 is 1.28 bits per heavy atom. The van der Waals surface area contributed by atoms with Gasteiger partial charge in [-0.05, 0) is 36.0 Å². The van der Waals surface area contributed by atoms with Crippen molar-refractivity contribution in [3.05, 3.63) is 24.3 Å². The van der Waals surface area contributed by atoms with E-state index < -0.39 is 11.8 Å². The van der Waals surface area contributed by atoms with Crippen LogP contribution in [-0.2, 0) is 9.59 Å². The third-order valence-corrected chi connectivity index (χ3v) is 2.48. The fourth-order valence-electron chi connectivity index (χ4n) is 1.10. The molecule has 6 nitrogen and oxygen atoms in total. The number of aliphatic hydroxyl groups is 1. The summed E-state index contributed by atoms with van der Waals surface area (Å²) in [6.07, 6.45) is 0. The maximum Gasteiger partial charge on any atom is 0.313 e. The molecule has 0 bridgehead atoms. The zero-order valence-corrected chi connectivity index (χ0v) is 10.2. The Bertz CT molecular complexity index is 467. The Kier molecular flexibility index (Phi) is 5.70. The Hall–Kier alpha value is -2.04. The van der Waals surface area contributed by atoms with E-state index in [1.54, 1.807) is 24.3 Å². The topological polar surface area (TPSA) is 102 Å². The number of anilines is 1. The smallest absolute Gasteiger partial charge is 0.313 e. The van der Waals surface area contributed by atoms with Gasteiger partial charge < -0.3 is 15.7 Å². The van der Waals surface area contributed by atoms with E-state index in [1.165, 1.54) is 0 Å². The molecule has 94 valence electrons. The highest BCUT2D eigenvalue weighted by Crippen LogP contribution is 2.18. The Labute approximate surface area is 108 Å². The van der Waals surface area contributed by atoms with Gasteiger partial charge in [-0.2, -0.15) is 5.26 Å². The Balaban J connectivity index is 2.54. The summed E-state index contributed by atoms with van der Waals surface area (Å²) in [4.78, 5) is 23.3. The van der Waals surface area contributed by atoms with Gasteiger partial charge in [-0.15, -0.1) is 0 Å². The van der Waals surface area contributed by atoms with Crippen molar-refractivity contribution in [1.82, 2.24) is 5.32 Å². The number of carbonyl (C=O) groups is 2. The number of nitrogens with zero attached hydrogens (tertiary/aromatic N) is 1. The van der Waals surface area contributed by atoms with Crippen LogP contribution in [0.2, 0.25) is 0 Å².